The number of methoxy groups -OCH3 is 2. The summed E-state index contributed by atoms with van der Waals surface area (Å²) in [6.45, 7) is 0. The number of nitrogens with one attached hydrogen (secondary N) is 1. The number of nitrogens with zero attached hydrogens (tertiary/aromatic N) is 2. The molecule has 1 amide bonds. The van der Waals surface area contributed by atoms with Crippen molar-refractivity contribution in [2.24, 2.45) is 0 Å². The summed E-state index contributed by atoms with van der Waals surface area (Å²) in [7, 11) is 3.13. The summed E-state index contributed by atoms with van der Waals surface area (Å²) in [6, 6.07) is 11.7. The van der Waals surface area contributed by atoms with Gasteiger partial charge in [-0.25, -0.2) is 9.37 Å². The van der Waals surface area contributed by atoms with Gasteiger partial charge in [-0.1, -0.05) is 18.2 Å². The monoisotopic (exact) mass is 367 g/mol. The zero-order valence-corrected chi connectivity index (χ0v) is 14.9. The smallest absolute Gasteiger partial charge is 0.226 e. The van der Waals surface area contributed by atoms with E-state index in [0.717, 1.165) is 5.56 Å². The minimum Gasteiger partial charge on any atom is -0.493 e. The lowest BCUT2D eigenvalue weighted by molar-refractivity contribution is -0.116. The summed E-state index contributed by atoms with van der Waals surface area (Å²) in [5.41, 5.74) is 2.10. The number of para-hydroxylation sites is 1. The molecule has 1 aromatic heterocycles. The van der Waals surface area contributed by atoms with E-state index in [1.807, 2.05) is 12.1 Å². The largest absolute Gasteiger partial charge is 0.493 e. The molecule has 0 saturated heterocycles. The van der Waals surface area contributed by atoms with Gasteiger partial charge < -0.3 is 14.8 Å². The molecule has 0 bridgehead atoms. The Morgan fingerprint density at radius 2 is 2.00 bits per heavy atom. The number of fused-ring (bicyclic) bond motifs is 1. The van der Waals surface area contributed by atoms with Crippen molar-refractivity contribution >= 4 is 11.7 Å². The van der Waals surface area contributed by atoms with E-state index in [4.69, 9.17) is 9.47 Å². The number of rotatable bonds is 4. The summed E-state index contributed by atoms with van der Waals surface area (Å²) in [5, 5.41) is 2.86. The summed E-state index contributed by atoms with van der Waals surface area (Å²) in [4.78, 5) is 16.9. The highest BCUT2D eigenvalue weighted by Gasteiger charge is 2.33. The normalized spacial score (nSPS) is 15.8. The van der Waals surface area contributed by atoms with Gasteiger partial charge in [-0.05, 0) is 24.3 Å². The number of halogens is 1. The van der Waals surface area contributed by atoms with Crippen molar-refractivity contribution in [2.75, 3.05) is 19.5 Å². The Labute approximate surface area is 155 Å². The fourth-order valence-corrected chi connectivity index (χ4v) is 3.47. The highest BCUT2D eigenvalue weighted by atomic mass is 19.1. The van der Waals surface area contributed by atoms with Crippen LogP contribution in [0.5, 0.6) is 11.5 Å². The van der Waals surface area contributed by atoms with Crippen molar-refractivity contribution < 1.29 is 18.7 Å². The maximum absolute atomic E-state index is 13.6. The molecule has 7 heteroatoms. The molecule has 1 N–H and O–H groups in total. The maximum atomic E-state index is 13.6. The van der Waals surface area contributed by atoms with E-state index in [1.54, 1.807) is 43.3 Å². The maximum Gasteiger partial charge on any atom is 0.226 e. The van der Waals surface area contributed by atoms with Crippen LogP contribution in [0.15, 0.2) is 48.8 Å². The summed E-state index contributed by atoms with van der Waals surface area (Å²) >= 11 is 0. The number of imidazole rings is 1. The van der Waals surface area contributed by atoms with Crippen LogP contribution in [0.4, 0.5) is 10.2 Å². The Morgan fingerprint density at radius 3 is 2.74 bits per heavy atom. The molecule has 138 valence electrons. The number of aromatic nitrogens is 2. The third kappa shape index (κ3) is 2.91. The van der Waals surface area contributed by atoms with Crippen molar-refractivity contribution in [3.63, 3.8) is 0 Å². The highest BCUT2D eigenvalue weighted by Crippen LogP contribution is 2.43. The van der Waals surface area contributed by atoms with E-state index in [2.05, 4.69) is 10.3 Å². The van der Waals surface area contributed by atoms with Crippen molar-refractivity contribution in [1.82, 2.24) is 9.55 Å². The van der Waals surface area contributed by atoms with Gasteiger partial charge >= 0.3 is 0 Å². The minimum atomic E-state index is -0.358. The molecule has 0 fully saturated rings. The number of carbonyl (C=O) groups excluding carboxylic acids is 1. The summed E-state index contributed by atoms with van der Waals surface area (Å²) in [6.07, 6.45) is 1.82. The third-order valence-electron chi connectivity index (χ3n) is 4.67. The molecule has 2 heterocycles. The first-order valence-electron chi connectivity index (χ1n) is 8.46. The van der Waals surface area contributed by atoms with E-state index in [0.29, 0.717) is 28.7 Å². The molecule has 1 atom stereocenters. The van der Waals surface area contributed by atoms with E-state index in [9.17, 15) is 9.18 Å². The third-order valence-corrected chi connectivity index (χ3v) is 4.67. The standard InChI is InChI=1S/C20H18FN3O3/c1-26-16-8-4-7-14(19(16)27-2)15-10-17(25)23-20-18(15)22-11-24(20)13-6-3-5-12(21)9-13/h3-9,11,15H,10H2,1-2H3,(H,23,25). The Morgan fingerprint density at radius 1 is 1.19 bits per heavy atom. The van der Waals surface area contributed by atoms with Gasteiger partial charge in [0.2, 0.25) is 5.91 Å². The van der Waals surface area contributed by atoms with Crippen LogP contribution in [0.3, 0.4) is 0 Å². The first-order valence-corrected chi connectivity index (χ1v) is 8.46. The summed E-state index contributed by atoms with van der Waals surface area (Å²) in [5.74, 6) is 0.900. The molecule has 0 aliphatic carbocycles. The molecule has 0 radical (unpaired) electrons. The van der Waals surface area contributed by atoms with Crippen LogP contribution in [-0.4, -0.2) is 29.7 Å². The fourth-order valence-electron chi connectivity index (χ4n) is 3.47. The van der Waals surface area contributed by atoms with Crippen LogP contribution < -0.4 is 14.8 Å². The second kappa shape index (κ2) is 6.75. The first kappa shape index (κ1) is 17.1. The van der Waals surface area contributed by atoms with Gasteiger partial charge in [-0.2, -0.15) is 0 Å². The van der Waals surface area contributed by atoms with E-state index in [-0.39, 0.29) is 24.1 Å². The van der Waals surface area contributed by atoms with Crippen molar-refractivity contribution in [2.45, 2.75) is 12.3 Å². The number of benzene rings is 2. The van der Waals surface area contributed by atoms with Gasteiger partial charge in [-0.3, -0.25) is 9.36 Å². The van der Waals surface area contributed by atoms with Gasteiger partial charge in [0.25, 0.3) is 0 Å². The minimum absolute atomic E-state index is 0.143. The van der Waals surface area contributed by atoms with Crippen LogP contribution >= 0.6 is 0 Å². The molecule has 0 spiro atoms. The number of anilines is 1. The molecule has 6 nitrogen and oxygen atoms in total. The average Bonchev–Trinajstić information content (AvgIpc) is 3.10. The lowest BCUT2D eigenvalue weighted by atomic mass is 9.89. The number of hydrogen-bond donors (Lipinski definition) is 1. The topological polar surface area (TPSA) is 65.4 Å². The Hall–Kier alpha value is -3.35. The van der Waals surface area contributed by atoms with Gasteiger partial charge in [0.1, 0.15) is 18.0 Å². The molecule has 27 heavy (non-hydrogen) atoms. The lowest BCUT2D eigenvalue weighted by Gasteiger charge is -2.25. The molecule has 2 aromatic carbocycles. The molecule has 4 rings (SSSR count). The number of hydrogen-bond acceptors (Lipinski definition) is 4. The van der Waals surface area contributed by atoms with Crippen LogP contribution in [0.2, 0.25) is 0 Å². The van der Waals surface area contributed by atoms with Crippen LogP contribution in [0, 0.1) is 5.82 Å². The van der Waals surface area contributed by atoms with Crippen LogP contribution in [-0.2, 0) is 4.79 Å². The van der Waals surface area contributed by atoms with E-state index < -0.39 is 0 Å². The number of ether oxygens (including phenoxy) is 2. The highest BCUT2D eigenvalue weighted by molar-refractivity contribution is 5.94. The van der Waals surface area contributed by atoms with E-state index in [1.165, 1.54) is 12.1 Å². The average molecular weight is 367 g/mol. The van der Waals surface area contributed by atoms with Crippen molar-refractivity contribution in [1.29, 1.82) is 0 Å². The van der Waals surface area contributed by atoms with Crippen molar-refractivity contribution in [3.05, 3.63) is 65.9 Å². The zero-order chi connectivity index (χ0) is 19.0. The molecule has 1 unspecified atom stereocenters. The lowest BCUT2D eigenvalue weighted by Crippen LogP contribution is -2.25. The predicted octanol–water partition coefficient (Wildman–Crippen LogP) is 3.50. The number of carbonyl (C=O) groups is 1. The van der Waals surface area contributed by atoms with Gasteiger partial charge in [0.05, 0.1) is 25.6 Å². The fraction of sp³-hybridized carbons (Fsp3) is 0.200. The second-order valence-electron chi connectivity index (χ2n) is 6.22. The number of amides is 1. The first-order chi connectivity index (χ1) is 13.1. The van der Waals surface area contributed by atoms with E-state index >= 15 is 0 Å². The Kier molecular flexibility index (Phi) is 4.27. The Balaban J connectivity index is 1.85. The molecular formula is C20H18FN3O3. The summed E-state index contributed by atoms with van der Waals surface area (Å²) < 4.78 is 26.2. The van der Waals surface area contributed by atoms with Gasteiger partial charge in [0, 0.05) is 17.9 Å². The molecule has 1 aliphatic heterocycles. The predicted molar refractivity (Wildman–Crippen MR) is 98.2 cm³/mol. The SMILES string of the molecule is COc1cccc(C2CC(=O)Nc3c2ncn3-c2cccc(F)c2)c1OC. The van der Waals surface area contributed by atoms with Crippen molar-refractivity contribution in [3.8, 4) is 17.2 Å². The molecule has 0 saturated carbocycles. The van der Waals surface area contributed by atoms with Gasteiger partial charge in [-0.15, -0.1) is 0 Å². The second-order valence-corrected chi connectivity index (χ2v) is 6.22. The molecular weight excluding hydrogens is 349 g/mol. The molecule has 1 aliphatic rings. The zero-order valence-electron chi connectivity index (χ0n) is 14.9. The quantitative estimate of drug-likeness (QED) is 0.766. The van der Waals surface area contributed by atoms with Crippen LogP contribution in [0.1, 0.15) is 23.6 Å². The van der Waals surface area contributed by atoms with Gasteiger partial charge in [0.15, 0.2) is 11.5 Å². The van der Waals surface area contributed by atoms with Crippen LogP contribution in [0.25, 0.3) is 5.69 Å². The Bertz CT molecular complexity index is 1020. The molecule has 3 aromatic rings.